The van der Waals surface area contributed by atoms with Gasteiger partial charge in [-0.05, 0) is 19.1 Å². The zero-order chi connectivity index (χ0) is 21.2. The zero-order valence-corrected chi connectivity index (χ0v) is 15.6. The minimum Gasteiger partial charge on any atom is -0.396 e. The topological polar surface area (TPSA) is 106 Å². The van der Waals surface area contributed by atoms with Crippen LogP contribution in [0.15, 0.2) is 35.0 Å². The lowest BCUT2D eigenvalue weighted by atomic mass is 10.1. The fourth-order valence-electron chi connectivity index (χ4n) is 2.68. The van der Waals surface area contributed by atoms with Gasteiger partial charge in [-0.15, -0.1) is 0 Å². The number of aromatic nitrogens is 4. The number of rotatable bonds is 6. The van der Waals surface area contributed by atoms with Crippen molar-refractivity contribution in [3.8, 4) is 11.3 Å². The van der Waals surface area contributed by atoms with Crippen molar-refractivity contribution in [3.05, 3.63) is 53.3 Å². The number of halogens is 3. The van der Waals surface area contributed by atoms with Crippen molar-refractivity contribution in [1.82, 2.24) is 25.2 Å². The van der Waals surface area contributed by atoms with E-state index in [2.05, 4.69) is 20.6 Å². The summed E-state index contributed by atoms with van der Waals surface area (Å²) in [7, 11) is 1.26. The van der Waals surface area contributed by atoms with Gasteiger partial charge in [0.15, 0.2) is 11.5 Å². The van der Waals surface area contributed by atoms with Crippen LogP contribution in [0.4, 0.5) is 13.2 Å². The lowest BCUT2D eigenvalue weighted by Crippen LogP contribution is -2.28. The number of nitrogens with one attached hydrogen (secondary N) is 1. The molecule has 0 aliphatic heterocycles. The van der Waals surface area contributed by atoms with Crippen molar-refractivity contribution in [2.75, 3.05) is 6.61 Å². The van der Waals surface area contributed by atoms with E-state index in [0.29, 0.717) is 29.6 Å². The average molecular weight is 409 g/mol. The molecule has 3 aromatic rings. The van der Waals surface area contributed by atoms with Crippen molar-refractivity contribution >= 4 is 5.91 Å². The Morgan fingerprint density at radius 1 is 1.34 bits per heavy atom. The van der Waals surface area contributed by atoms with Crippen LogP contribution in [0.2, 0.25) is 0 Å². The summed E-state index contributed by atoms with van der Waals surface area (Å²) < 4.78 is 44.4. The molecular weight excluding hydrogens is 391 g/mol. The molecule has 154 valence electrons. The summed E-state index contributed by atoms with van der Waals surface area (Å²) in [5.74, 6) is -0.401. The first-order valence-electron chi connectivity index (χ1n) is 8.64. The number of aryl methyl sites for hydroxylation is 1. The van der Waals surface area contributed by atoms with Gasteiger partial charge in [-0.25, -0.2) is 0 Å². The minimum absolute atomic E-state index is 0.0341. The third-order valence-electron chi connectivity index (χ3n) is 4.19. The highest BCUT2D eigenvalue weighted by Crippen LogP contribution is 2.28. The van der Waals surface area contributed by atoms with Gasteiger partial charge in [0.2, 0.25) is 0 Å². The summed E-state index contributed by atoms with van der Waals surface area (Å²) in [5, 5.41) is 18.9. The molecule has 3 aromatic heterocycles. The van der Waals surface area contributed by atoms with E-state index in [9.17, 15) is 18.0 Å². The molecule has 3 rings (SSSR count). The van der Waals surface area contributed by atoms with Crippen LogP contribution in [-0.2, 0) is 19.6 Å². The van der Waals surface area contributed by atoms with Gasteiger partial charge in [0.05, 0.1) is 6.04 Å². The van der Waals surface area contributed by atoms with Gasteiger partial charge < -0.3 is 14.9 Å². The van der Waals surface area contributed by atoms with E-state index in [1.165, 1.54) is 7.05 Å². The second-order valence-electron chi connectivity index (χ2n) is 6.36. The molecule has 0 spiro atoms. The number of aliphatic hydroxyl groups excluding tert-OH is 1. The van der Waals surface area contributed by atoms with Crippen molar-refractivity contribution in [1.29, 1.82) is 0 Å². The number of alkyl halides is 3. The predicted octanol–water partition coefficient (Wildman–Crippen LogP) is 2.51. The van der Waals surface area contributed by atoms with Gasteiger partial charge in [-0.2, -0.15) is 18.3 Å². The summed E-state index contributed by atoms with van der Waals surface area (Å²) in [4.78, 5) is 16.5. The fraction of sp³-hybridized carbons (Fsp3) is 0.333. The molecule has 29 heavy (non-hydrogen) atoms. The van der Waals surface area contributed by atoms with E-state index in [1.807, 2.05) is 0 Å². The molecule has 0 aromatic carbocycles. The van der Waals surface area contributed by atoms with Crippen molar-refractivity contribution in [2.24, 2.45) is 7.05 Å². The molecule has 0 aliphatic rings. The summed E-state index contributed by atoms with van der Waals surface area (Å²) in [6.07, 6.45) is -2.66. The van der Waals surface area contributed by atoms with Crippen molar-refractivity contribution in [2.45, 2.75) is 25.6 Å². The van der Waals surface area contributed by atoms with E-state index in [4.69, 9.17) is 9.63 Å². The Kier molecular flexibility index (Phi) is 5.69. The molecule has 0 bridgehead atoms. The molecule has 1 amide bonds. The first kappa shape index (κ1) is 20.5. The second kappa shape index (κ2) is 8.03. The molecule has 11 heteroatoms. The predicted molar refractivity (Wildman–Crippen MR) is 94.6 cm³/mol. The molecule has 2 N–H and O–H groups in total. The highest BCUT2D eigenvalue weighted by molar-refractivity contribution is 5.92. The first-order chi connectivity index (χ1) is 13.7. The van der Waals surface area contributed by atoms with Crippen molar-refractivity contribution in [3.63, 3.8) is 0 Å². The van der Waals surface area contributed by atoms with Crippen LogP contribution < -0.4 is 5.32 Å². The highest BCUT2D eigenvalue weighted by atomic mass is 19.4. The van der Waals surface area contributed by atoms with Crippen molar-refractivity contribution < 1.29 is 27.6 Å². The Morgan fingerprint density at radius 2 is 2.10 bits per heavy atom. The molecule has 8 nitrogen and oxygen atoms in total. The number of aliphatic hydroxyl groups is 1. The molecule has 0 saturated heterocycles. The summed E-state index contributed by atoms with van der Waals surface area (Å²) in [6, 6.07) is 5.14. The monoisotopic (exact) mass is 409 g/mol. The Labute approximate surface area is 163 Å². The molecule has 0 unspecified atom stereocenters. The Balaban J connectivity index is 1.74. The van der Waals surface area contributed by atoms with E-state index in [0.717, 1.165) is 10.2 Å². The quantitative estimate of drug-likeness (QED) is 0.648. The van der Waals surface area contributed by atoms with Crippen LogP contribution in [0.1, 0.15) is 40.6 Å². The Bertz CT molecular complexity index is 1010. The number of hydrogen-bond donors (Lipinski definition) is 2. The van der Waals surface area contributed by atoms with Crippen LogP contribution in [0, 0.1) is 0 Å². The Morgan fingerprint density at radius 3 is 2.76 bits per heavy atom. The normalized spacial score (nSPS) is 12.8. The molecular formula is C18H18F3N5O3. The van der Waals surface area contributed by atoms with E-state index >= 15 is 0 Å². The maximum Gasteiger partial charge on any atom is 0.435 e. The van der Waals surface area contributed by atoms with Gasteiger partial charge in [0, 0.05) is 49.7 Å². The second-order valence-corrected chi connectivity index (χ2v) is 6.36. The fourth-order valence-corrected chi connectivity index (χ4v) is 2.68. The number of carbonyl (C=O) groups excluding carboxylic acids is 1. The summed E-state index contributed by atoms with van der Waals surface area (Å²) in [6.45, 7) is 1.58. The van der Waals surface area contributed by atoms with E-state index < -0.39 is 23.8 Å². The largest absolute Gasteiger partial charge is 0.435 e. The lowest BCUT2D eigenvalue weighted by Gasteiger charge is -2.10. The standard InChI is InChI=1S/C18H18F3N5O3/c1-10(23-17(28)14-9-16(18(19,20)21)24-26(14)2)15-8-13(25-29-15)11-3-5-22-12(7-11)4-6-27/h3,5,7-10,27H,4,6H2,1-2H3,(H,23,28)/t10-/m0/s1. The molecule has 0 radical (unpaired) electrons. The third-order valence-corrected chi connectivity index (χ3v) is 4.19. The number of amides is 1. The summed E-state index contributed by atoms with van der Waals surface area (Å²) >= 11 is 0. The van der Waals surface area contributed by atoms with Gasteiger partial charge in [0.1, 0.15) is 11.4 Å². The van der Waals surface area contributed by atoms with Crippen LogP contribution in [-0.4, -0.2) is 37.5 Å². The Hall–Kier alpha value is -3.21. The van der Waals surface area contributed by atoms with Gasteiger partial charge in [0.25, 0.3) is 5.91 Å². The minimum atomic E-state index is -4.64. The highest BCUT2D eigenvalue weighted by Gasteiger charge is 2.35. The van der Waals surface area contributed by atoms with Gasteiger partial charge in [-0.3, -0.25) is 14.5 Å². The maximum absolute atomic E-state index is 12.8. The summed E-state index contributed by atoms with van der Waals surface area (Å²) in [5.41, 5.74) is 0.538. The molecule has 3 heterocycles. The molecule has 1 atom stereocenters. The van der Waals surface area contributed by atoms with Crippen LogP contribution in [0.25, 0.3) is 11.3 Å². The third kappa shape index (κ3) is 4.62. The number of nitrogens with zero attached hydrogens (tertiary/aromatic N) is 4. The van der Waals surface area contributed by atoms with Crippen LogP contribution >= 0.6 is 0 Å². The SMILES string of the molecule is C[C@H](NC(=O)c1cc(C(F)(F)F)nn1C)c1cc(-c2ccnc(CCO)c2)no1. The van der Waals surface area contributed by atoms with E-state index in [-0.39, 0.29) is 12.3 Å². The molecule has 0 saturated carbocycles. The first-order valence-corrected chi connectivity index (χ1v) is 8.64. The maximum atomic E-state index is 12.8. The van der Waals surface area contributed by atoms with Crippen LogP contribution in [0.5, 0.6) is 0 Å². The van der Waals surface area contributed by atoms with Gasteiger partial charge in [-0.1, -0.05) is 5.16 Å². The number of carbonyl (C=O) groups is 1. The smallest absolute Gasteiger partial charge is 0.396 e. The molecule has 0 aliphatic carbocycles. The van der Waals surface area contributed by atoms with E-state index in [1.54, 1.807) is 31.3 Å². The average Bonchev–Trinajstić information content (AvgIpc) is 3.29. The number of pyridine rings is 1. The number of hydrogen-bond acceptors (Lipinski definition) is 6. The van der Waals surface area contributed by atoms with Crippen LogP contribution in [0.3, 0.4) is 0 Å². The zero-order valence-electron chi connectivity index (χ0n) is 15.6. The molecule has 0 fully saturated rings. The lowest BCUT2D eigenvalue weighted by molar-refractivity contribution is -0.141. The van der Waals surface area contributed by atoms with Gasteiger partial charge >= 0.3 is 6.18 Å².